The van der Waals surface area contributed by atoms with Crippen LogP contribution in [-0.4, -0.2) is 18.4 Å². The maximum Gasteiger partial charge on any atom is 0.243 e. The number of guanidine groups is 1. The molecule has 1 saturated carbocycles. The predicted octanol–water partition coefficient (Wildman–Crippen LogP) is 4.20. The molecule has 0 heterocycles. The summed E-state index contributed by atoms with van der Waals surface area (Å²) >= 11 is 0. The van der Waals surface area contributed by atoms with Crippen LogP contribution in [0.25, 0.3) is 0 Å². The molecule has 0 bridgehead atoms. The quantitative estimate of drug-likeness (QED) is 0.435. The SMILES string of the molecule is CCC(C)c1ccc(NC(N)=N[C@H]2C[C@@H]2C(F)F)cc1.I. The van der Waals surface area contributed by atoms with Crippen LogP contribution in [0.3, 0.4) is 0 Å². The second kappa shape index (κ2) is 7.91. The minimum Gasteiger partial charge on any atom is -0.370 e. The van der Waals surface area contributed by atoms with Crippen LogP contribution in [-0.2, 0) is 0 Å². The third-order valence-electron chi connectivity index (χ3n) is 3.80. The standard InChI is InChI=1S/C15H21F2N3.HI/c1-3-9(2)10-4-6-11(7-5-10)19-15(18)20-13-8-12(13)14(16)17;/h4-7,9,12-14H,3,8H2,1-2H3,(H3,18,19,20);1H/t9?,12-,13-;/m0./s1. The highest BCUT2D eigenvalue weighted by molar-refractivity contribution is 14.0. The van der Waals surface area contributed by atoms with Gasteiger partial charge in [0.05, 0.1) is 6.04 Å². The lowest BCUT2D eigenvalue weighted by Crippen LogP contribution is -2.23. The van der Waals surface area contributed by atoms with Crippen molar-refractivity contribution in [2.45, 2.75) is 45.1 Å². The van der Waals surface area contributed by atoms with E-state index in [4.69, 9.17) is 5.73 Å². The summed E-state index contributed by atoms with van der Waals surface area (Å²) in [6.45, 7) is 4.33. The molecule has 1 fully saturated rings. The lowest BCUT2D eigenvalue weighted by atomic mass is 9.99. The molecular weight excluding hydrogens is 387 g/mol. The largest absolute Gasteiger partial charge is 0.370 e. The third-order valence-corrected chi connectivity index (χ3v) is 3.80. The van der Waals surface area contributed by atoms with Gasteiger partial charge in [-0.1, -0.05) is 26.0 Å². The Labute approximate surface area is 141 Å². The first-order valence-electron chi connectivity index (χ1n) is 6.99. The van der Waals surface area contributed by atoms with Gasteiger partial charge < -0.3 is 11.1 Å². The molecule has 1 aliphatic carbocycles. The van der Waals surface area contributed by atoms with Crippen molar-refractivity contribution in [3.63, 3.8) is 0 Å². The first-order valence-corrected chi connectivity index (χ1v) is 6.99. The molecule has 0 spiro atoms. The Morgan fingerprint density at radius 2 is 2.00 bits per heavy atom. The van der Waals surface area contributed by atoms with E-state index in [0.717, 1.165) is 12.1 Å². The van der Waals surface area contributed by atoms with E-state index in [1.54, 1.807) is 0 Å². The number of nitrogens with one attached hydrogen (secondary N) is 1. The maximum absolute atomic E-state index is 12.4. The second-order valence-electron chi connectivity index (χ2n) is 5.37. The van der Waals surface area contributed by atoms with E-state index < -0.39 is 12.3 Å². The van der Waals surface area contributed by atoms with Crippen molar-refractivity contribution in [2.75, 3.05) is 5.32 Å². The van der Waals surface area contributed by atoms with Crippen LogP contribution in [0.4, 0.5) is 14.5 Å². The Kier molecular flexibility index (Phi) is 6.83. The van der Waals surface area contributed by atoms with Gasteiger partial charge in [-0.05, 0) is 36.5 Å². The highest BCUT2D eigenvalue weighted by Crippen LogP contribution is 2.38. The normalized spacial score (nSPS) is 22.6. The zero-order valence-corrected chi connectivity index (χ0v) is 14.6. The Balaban J connectivity index is 0.00000220. The summed E-state index contributed by atoms with van der Waals surface area (Å²) < 4.78 is 24.7. The van der Waals surface area contributed by atoms with Crippen molar-refractivity contribution >= 4 is 35.6 Å². The summed E-state index contributed by atoms with van der Waals surface area (Å²) in [6, 6.07) is 7.62. The molecule has 3 N–H and O–H groups in total. The van der Waals surface area contributed by atoms with E-state index >= 15 is 0 Å². The summed E-state index contributed by atoms with van der Waals surface area (Å²) in [5.74, 6) is 0.103. The smallest absolute Gasteiger partial charge is 0.243 e. The average molecular weight is 409 g/mol. The topological polar surface area (TPSA) is 50.4 Å². The van der Waals surface area contributed by atoms with E-state index in [1.807, 2.05) is 24.3 Å². The highest BCUT2D eigenvalue weighted by atomic mass is 127. The molecule has 118 valence electrons. The number of anilines is 1. The van der Waals surface area contributed by atoms with E-state index in [2.05, 4.69) is 24.2 Å². The van der Waals surface area contributed by atoms with Gasteiger partial charge in [0.1, 0.15) is 0 Å². The average Bonchev–Trinajstić information content (AvgIpc) is 3.18. The highest BCUT2D eigenvalue weighted by Gasteiger charge is 2.44. The summed E-state index contributed by atoms with van der Waals surface area (Å²) in [5, 5.41) is 2.94. The fourth-order valence-electron chi connectivity index (χ4n) is 2.11. The van der Waals surface area contributed by atoms with E-state index in [9.17, 15) is 8.78 Å². The molecular formula is C15H22F2IN3. The molecule has 0 amide bonds. The summed E-state index contributed by atoms with van der Waals surface area (Å²) in [7, 11) is 0. The van der Waals surface area contributed by atoms with Gasteiger partial charge in [0, 0.05) is 11.6 Å². The van der Waals surface area contributed by atoms with Crippen molar-refractivity contribution in [1.29, 1.82) is 0 Å². The number of rotatable bonds is 5. The maximum atomic E-state index is 12.4. The van der Waals surface area contributed by atoms with Gasteiger partial charge in [0.15, 0.2) is 5.96 Å². The van der Waals surface area contributed by atoms with Crippen LogP contribution in [0.1, 0.15) is 38.2 Å². The van der Waals surface area contributed by atoms with Crippen LogP contribution in [0.5, 0.6) is 0 Å². The van der Waals surface area contributed by atoms with Crippen LogP contribution < -0.4 is 11.1 Å². The van der Waals surface area contributed by atoms with E-state index in [1.165, 1.54) is 5.56 Å². The van der Waals surface area contributed by atoms with Gasteiger partial charge in [0.25, 0.3) is 0 Å². The summed E-state index contributed by atoms with van der Waals surface area (Å²) in [5.41, 5.74) is 7.83. The molecule has 3 nitrogen and oxygen atoms in total. The Morgan fingerprint density at radius 1 is 1.38 bits per heavy atom. The van der Waals surface area contributed by atoms with Crippen molar-refractivity contribution < 1.29 is 8.78 Å². The molecule has 0 saturated heterocycles. The fourth-order valence-corrected chi connectivity index (χ4v) is 2.11. The number of nitrogens with zero attached hydrogens (tertiary/aromatic N) is 1. The van der Waals surface area contributed by atoms with E-state index in [-0.39, 0.29) is 36.0 Å². The summed E-state index contributed by atoms with van der Waals surface area (Å²) in [6.07, 6.45) is -0.786. The third kappa shape index (κ3) is 5.09. The second-order valence-corrected chi connectivity index (χ2v) is 5.37. The Hall–Kier alpha value is -0.920. The molecule has 1 aromatic carbocycles. The molecule has 1 aromatic rings. The van der Waals surface area contributed by atoms with Gasteiger partial charge in [-0.15, -0.1) is 24.0 Å². The number of benzene rings is 1. The molecule has 0 radical (unpaired) electrons. The minimum absolute atomic E-state index is 0. The van der Waals surface area contributed by atoms with Crippen LogP contribution in [0.2, 0.25) is 0 Å². The van der Waals surface area contributed by atoms with Crippen molar-refractivity contribution in [3.05, 3.63) is 29.8 Å². The molecule has 3 atom stereocenters. The molecule has 0 aromatic heterocycles. The lowest BCUT2D eigenvalue weighted by molar-refractivity contribution is 0.121. The fraction of sp³-hybridized carbons (Fsp3) is 0.533. The van der Waals surface area contributed by atoms with Crippen molar-refractivity contribution in [1.82, 2.24) is 0 Å². The van der Waals surface area contributed by atoms with Gasteiger partial charge in [-0.3, -0.25) is 0 Å². The number of alkyl halides is 2. The van der Waals surface area contributed by atoms with Crippen molar-refractivity contribution in [2.24, 2.45) is 16.6 Å². The molecule has 6 heteroatoms. The molecule has 1 unspecified atom stereocenters. The molecule has 21 heavy (non-hydrogen) atoms. The first-order chi connectivity index (χ1) is 9.51. The Bertz CT molecular complexity index is 476. The molecule has 0 aliphatic heterocycles. The van der Waals surface area contributed by atoms with Gasteiger partial charge in [-0.25, -0.2) is 13.8 Å². The van der Waals surface area contributed by atoms with Crippen LogP contribution in [0.15, 0.2) is 29.3 Å². The number of aliphatic imine (C=N–C) groups is 1. The monoisotopic (exact) mass is 409 g/mol. The van der Waals surface area contributed by atoms with Crippen LogP contribution in [0, 0.1) is 5.92 Å². The van der Waals surface area contributed by atoms with Crippen LogP contribution >= 0.6 is 24.0 Å². The lowest BCUT2D eigenvalue weighted by Gasteiger charge is -2.10. The zero-order valence-electron chi connectivity index (χ0n) is 12.2. The van der Waals surface area contributed by atoms with Gasteiger partial charge >= 0.3 is 0 Å². The number of hydrogen-bond acceptors (Lipinski definition) is 1. The van der Waals surface area contributed by atoms with Gasteiger partial charge in [0.2, 0.25) is 6.43 Å². The zero-order chi connectivity index (χ0) is 14.7. The first kappa shape index (κ1) is 18.1. The van der Waals surface area contributed by atoms with Crippen molar-refractivity contribution in [3.8, 4) is 0 Å². The molecule has 1 aliphatic rings. The predicted molar refractivity (Wildman–Crippen MR) is 93.7 cm³/mol. The Morgan fingerprint density at radius 3 is 2.48 bits per heavy atom. The van der Waals surface area contributed by atoms with Gasteiger partial charge in [-0.2, -0.15) is 0 Å². The summed E-state index contributed by atoms with van der Waals surface area (Å²) in [4.78, 5) is 4.06. The number of nitrogens with two attached hydrogens (primary N) is 1. The van der Waals surface area contributed by atoms with E-state index in [0.29, 0.717) is 12.3 Å². The molecule has 2 rings (SSSR count). The minimum atomic E-state index is -2.30. The number of halogens is 3. The number of hydrogen-bond donors (Lipinski definition) is 2.